The van der Waals surface area contributed by atoms with Gasteiger partial charge in [0.1, 0.15) is 12.6 Å². The lowest BCUT2D eigenvalue weighted by molar-refractivity contribution is -0.140. The molecule has 1 N–H and O–H groups in total. The molecular weight excluding hydrogens is 603 g/mol. The summed E-state index contributed by atoms with van der Waals surface area (Å²) in [6.45, 7) is 4.70. The zero-order chi connectivity index (χ0) is 31.9. The molecule has 43 heavy (non-hydrogen) atoms. The van der Waals surface area contributed by atoms with E-state index in [1.165, 1.54) is 4.90 Å². The minimum absolute atomic E-state index is 0.0387. The van der Waals surface area contributed by atoms with Crippen molar-refractivity contribution < 1.29 is 31.2 Å². The summed E-state index contributed by atoms with van der Waals surface area (Å²) in [4.78, 5) is 29.1. The molecular formula is C31H35ClF3N3O4S. The van der Waals surface area contributed by atoms with Crippen LogP contribution in [-0.4, -0.2) is 50.0 Å². The summed E-state index contributed by atoms with van der Waals surface area (Å²) in [5, 5.41) is 2.32. The fourth-order valence-electron chi connectivity index (χ4n) is 4.47. The van der Waals surface area contributed by atoms with Crippen molar-refractivity contribution in [2.45, 2.75) is 58.4 Å². The number of nitrogens with zero attached hydrogens (tertiary/aromatic N) is 2. The van der Waals surface area contributed by atoms with E-state index in [1.807, 2.05) is 51.1 Å². The third-order valence-electron chi connectivity index (χ3n) is 7.10. The Labute approximate surface area is 255 Å². The predicted octanol–water partition coefficient (Wildman–Crippen LogP) is 5.99. The van der Waals surface area contributed by atoms with Crippen molar-refractivity contribution in [2.24, 2.45) is 0 Å². The second-order valence-electron chi connectivity index (χ2n) is 10.4. The number of alkyl halides is 3. The topological polar surface area (TPSA) is 86.8 Å². The summed E-state index contributed by atoms with van der Waals surface area (Å²) in [6.07, 6.45) is -3.30. The van der Waals surface area contributed by atoms with Gasteiger partial charge >= 0.3 is 6.18 Å². The van der Waals surface area contributed by atoms with Crippen LogP contribution >= 0.6 is 11.6 Å². The Hall–Kier alpha value is -3.57. The number of carbonyl (C=O) groups is 2. The van der Waals surface area contributed by atoms with E-state index < -0.39 is 51.2 Å². The highest BCUT2D eigenvalue weighted by Crippen LogP contribution is 2.37. The van der Waals surface area contributed by atoms with E-state index in [4.69, 9.17) is 11.6 Å². The highest BCUT2D eigenvalue weighted by molar-refractivity contribution is 7.92. The van der Waals surface area contributed by atoms with Gasteiger partial charge in [-0.25, -0.2) is 8.42 Å². The van der Waals surface area contributed by atoms with Crippen LogP contribution < -0.4 is 9.62 Å². The molecule has 0 aliphatic rings. The van der Waals surface area contributed by atoms with E-state index in [0.29, 0.717) is 16.8 Å². The molecule has 3 aromatic rings. The zero-order valence-corrected chi connectivity index (χ0v) is 25.9. The second-order valence-corrected chi connectivity index (χ2v) is 12.7. The number of anilines is 1. The summed E-state index contributed by atoms with van der Waals surface area (Å²) >= 11 is 5.76. The number of aryl methyl sites for hydroxylation is 1. The smallest absolute Gasteiger partial charge is 0.352 e. The summed E-state index contributed by atoms with van der Waals surface area (Å²) in [5.41, 5.74) is 0.712. The van der Waals surface area contributed by atoms with E-state index in [2.05, 4.69) is 5.32 Å². The van der Waals surface area contributed by atoms with Gasteiger partial charge in [-0.3, -0.25) is 13.9 Å². The predicted molar refractivity (Wildman–Crippen MR) is 162 cm³/mol. The maximum Gasteiger partial charge on any atom is 0.417 e. The Morgan fingerprint density at radius 2 is 1.63 bits per heavy atom. The number of sulfonamides is 1. The molecule has 3 rings (SSSR count). The lowest BCUT2D eigenvalue weighted by Gasteiger charge is -2.34. The fourth-order valence-corrected chi connectivity index (χ4v) is 5.53. The number of hydrogen-bond acceptors (Lipinski definition) is 4. The van der Waals surface area contributed by atoms with Gasteiger partial charge in [0, 0.05) is 19.0 Å². The van der Waals surface area contributed by atoms with Crippen molar-refractivity contribution in [1.82, 2.24) is 10.2 Å². The van der Waals surface area contributed by atoms with Crippen LogP contribution in [0.4, 0.5) is 18.9 Å². The van der Waals surface area contributed by atoms with Crippen molar-refractivity contribution in [2.75, 3.05) is 17.1 Å². The van der Waals surface area contributed by atoms with Gasteiger partial charge in [0.25, 0.3) is 0 Å². The van der Waals surface area contributed by atoms with E-state index >= 15 is 0 Å². The van der Waals surface area contributed by atoms with Gasteiger partial charge in [0.05, 0.1) is 22.5 Å². The van der Waals surface area contributed by atoms with E-state index in [1.54, 1.807) is 24.3 Å². The number of amides is 2. The van der Waals surface area contributed by atoms with Gasteiger partial charge in [-0.2, -0.15) is 13.2 Å². The van der Waals surface area contributed by atoms with Crippen LogP contribution in [0.25, 0.3) is 0 Å². The first-order chi connectivity index (χ1) is 20.1. The van der Waals surface area contributed by atoms with E-state index in [0.717, 1.165) is 35.1 Å². The molecule has 2 atom stereocenters. The molecule has 0 radical (unpaired) electrons. The number of hydrogen-bond donors (Lipinski definition) is 1. The van der Waals surface area contributed by atoms with E-state index in [9.17, 15) is 31.2 Å². The normalized spacial score (nSPS) is 13.2. The Morgan fingerprint density at radius 1 is 1.00 bits per heavy atom. The molecule has 0 saturated carbocycles. The Kier molecular flexibility index (Phi) is 11.3. The van der Waals surface area contributed by atoms with Crippen molar-refractivity contribution in [3.8, 4) is 0 Å². The molecule has 0 aliphatic carbocycles. The summed E-state index contributed by atoms with van der Waals surface area (Å²) in [7, 11) is -4.26. The third kappa shape index (κ3) is 9.21. The third-order valence-corrected chi connectivity index (χ3v) is 8.57. The minimum atomic E-state index is -4.86. The standard InChI is InChI=1S/C31H35ClF3N3O4S/c1-5-22(3)36-30(40)28(17-23-12-7-6-8-13-23)37(19-24-14-10-9-11-21(24)2)29(39)20-38(43(4,41)42)25-15-16-27(32)26(18-25)31(33,34)35/h6-16,18,22,28H,5,17,19-20H2,1-4H3,(H,36,40)/t22-,28-/m1/s1. The minimum Gasteiger partial charge on any atom is -0.352 e. The number of carbonyl (C=O) groups excluding carboxylic acids is 2. The lowest BCUT2D eigenvalue weighted by Crippen LogP contribution is -2.54. The average molecular weight is 638 g/mol. The first kappa shape index (κ1) is 33.9. The molecule has 12 heteroatoms. The number of nitrogens with one attached hydrogen (secondary N) is 1. The molecule has 0 heterocycles. The van der Waals surface area contributed by atoms with Gasteiger partial charge < -0.3 is 10.2 Å². The number of benzene rings is 3. The quantitative estimate of drug-likeness (QED) is 0.264. The SMILES string of the molecule is CC[C@@H](C)NC(=O)[C@@H](Cc1ccccc1)N(Cc1ccccc1C)C(=O)CN(c1ccc(Cl)c(C(F)(F)F)c1)S(C)(=O)=O. The van der Waals surface area contributed by atoms with Crippen LogP contribution in [-0.2, 0) is 38.8 Å². The van der Waals surface area contributed by atoms with Crippen LogP contribution in [0.2, 0.25) is 5.02 Å². The van der Waals surface area contributed by atoms with Crippen LogP contribution in [0.15, 0.2) is 72.8 Å². The second kappa shape index (κ2) is 14.3. The first-order valence-corrected chi connectivity index (χ1v) is 15.9. The van der Waals surface area contributed by atoms with Crippen molar-refractivity contribution in [3.63, 3.8) is 0 Å². The maximum absolute atomic E-state index is 14.1. The molecule has 232 valence electrons. The maximum atomic E-state index is 14.1. The Bertz CT molecular complexity index is 1530. The zero-order valence-electron chi connectivity index (χ0n) is 24.4. The van der Waals surface area contributed by atoms with Gasteiger partial charge in [0.15, 0.2) is 0 Å². The van der Waals surface area contributed by atoms with Gasteiger partial charge in [0.2, 0.25) is 21.8 Å². The monoisotopic (exact) mass is 637 g/mol. The molecule has 0 bridgehead atoms. The number of halogens is 4. The molecule has 0 aliphatic heterocycles. The van der Waals surface area contributed by atoms with Crippen molar-refractivity contribution in [1.29, 1.82) is 0 Å². The lowest BCUT2D eigenvalue weighted by atomic mass is 10.0. The Morgan fingerprint density at radius 3 is 2.21 bits per heavy atom. The van der Waals surface area contributed by atoms with Gasteiger partial charge in [-0.05, 0) is 55.2 Å². The molecule has 7 nitrogen and oxygen atoms in total. The molecule has 0 fully saturated rings. The largest absolute Gasteiger partial charge is 0.417 e. The molecule has 0 unspecified atom stereocenters. The van der Waals surface area contributed by atoms with Gasteiger partial charge in [-0.1, -0.05) is 73.1 Å². The molecule has 0 spiro atoms. The molecule has 3 aromatic carbocycles. The van der Waals surface area contributed by atoms with Crippen molar-refractivity contribution >= 4 is 39.1 Å². The highest BCUT2D eigenvalue weighted by atomic mass is 35.5. The van der Waals surface area contributed by atoms with Crippen LogP contribution in [0, 0.1) is 6.92 Å². The summed E-state index contributed by atoms with van der Waals surface area (Å²) in [6, 6.07) is 17.7. The number of rotatable bonds is 12. The van der Waals surface area contributed by atoms with Crippen LogP contribution in [0.3, 0.4) is 0 Å². The van der Waals surface area contributed by atoms with Gasteiger partial charge in [-0.15, -0.1) is 0 Å². The molecule has 0 aromatic heterocycles. The fraction of sp³-hybridized carbons (Fsp3) is 0.355. The van der Waals surface area contributed by atoms with Crippen molar-refractivity contribution in [3.05, 3.63) is 100 Å². The Balaban J connectivity index is 2.12. The molecule has 0 saturated heterocycles. The first-order valence-electron chi connectivity index (χ1n) is 13.6. The summed E-state index contributed by atoms with van der Waals surface area (Å²) in [5.74, 6) is -1.20. The highest BCUT2D eigenvalue weighted by Gasteiger charge is 2.36. The molecule has 2 amide bonds. The van der Waals surface area contributed by atoms with E-state index in [-0.39, 0.29) is 24.7 Å². The van der Waals surface area contributed by atoms with Crippen LogP contribution in [0.1, 0.15) is 42.5 Å². The summed E-state index contributed by atoms with van der Waals surface area (Å²) < 4.78 is 67.2. The van der Waals surface area contributed by atoms with Crippen LogP contribution in [0.5, 0.6) is 0 Å². The average Bonchev–Trinajstić information content (AvgIpc) is 2.94.